The topological polar surface area (TPSA) is 140 Å². The summed E-state index contributed by atoms with van der Waals surface area (Å²) in [6.07, 6.45) is 2.36. The molecule has 0 bridgehead atoms. The minimum absolute atomic E-state index is 0.0767. The molecule has 124 valence electrons. The molecule has 4 heterocycles. The van der Waals surface area contributed by atoms with Gasteiger partial charge in [-0.3, -0.25) is 4.57 Å². The lowest BCUT2D eigenvalue weighted by Gasteiger charge is -2.17. The highest BCUT2D eigenvalue weighted by molar-refractivity contribution is 7.13. The van der Waals surface area contributed by atoms with Gasteiger partial charge in [0.05, 0.1) is 5.39 Å². The molecule has 0 aliphatic carbocycles. The molecule has 0 fully saturated rings. The predicted octanol–water partition coefficient (Wildman–Crippen LogP) is 0.789. The van der Waals surface area contributed by atoms with Crippen LogP contribution in [0.2, 0.25) is 0 Å². The molecule has 9 nitrogen and oxygen atoms in total. The Bertz CT molecular complexity index is 936. The number of nitrogen functional groups attached to an aromatic ring is 1. The number of thiazole rings is 1. The average molecular weight is 347 g/mol. The molecule has 4 rings (SSSR count). The van der Waals surface area contributed by atoms with Gasteiger partial charge in [0.1, 0.15) is 29.4 Å². The molecule has 2 atom stereocenters. The number of rotatable bonds is 3. The minimum atomic E-state index is -1.33. The third-order valence-corrected chi connectivity index (χ3v) is 4.62. The number of nitrogens with zero attached hydrogens (tertiary/aromatic N) is 4. The fourth-order valence-electron chi connectivity index (χ4n) is 2.72. The van der Waals surface area contributed by atoms with Gasteiger partial charge >= 0.3 is 0 Å². The third kappa shape index (κ3) is 2.04. The molecule has 10 heteroatoms. The minimum Gasteiger partial charge on any atom is -0.506 e. The lowest BCUT2D eigenvalue weighted by Crippen LogP contribution is -2.22. The Morgan fingerprint density at radius 3 is 2.83 bits per heavy atom. The van der Waals surface area contributed by atoms with E-state index in [1.165, 1.54) is 17.7 Å². The van der Waals surface area contributed by atoms with E-state index in [9.17, 15) is 15.3 Å². The van der Waals surface area contributed by atoms with E-state index in [-0.39, 0.29) is 11.6 Å². The Morgan fingerprint density at radius 2 is 2.17 bits per heavy atom. The summed E-state index contributed by atoms with van der Waals surface area (Å²) in [5.74, 6) is -0.203. The number of hydrogen-bond acceptors (Lipinski definition) is 9. The van der Waals surface area contributed by atoms with Crippen LogP contribution < -0.4 is 5.73 Å². The molecule has 0 saturated heterocycles. The lowest BCUT2D eigenvalue weighted by molar-refractivity contribution is -0.0116. The molecular formula is C14H13N5O4S. The Labute approximate surface area is 139 Å². The molecular weight excluding hydrogens is 334 g/mol. The summed E-state index contributed by atoms with van der Waals surface area (Å²) in [5, 5.41) is 32.4. The lowest BCUT2D eigenvalue weighted by atomic mass is 10.2. The van der Waals surface area contributed by atoms with Gasteiger partial charge < -0.3 is 25.8 Å². The standard InChI is InChI=1S/C14H13N5O4S/c15-11-8-6(13-16-1-2-24-13)3-19(12(8)18-5-17-11)14-10(22)9(21)7(4-20)23-14/h1-3,5,10,14,20-22H,4H2,(H2,15,17,18)/t10?,14-/m1/s1. The van der Waals surface area contributed by atoms with E-state index in [2.05, 4.69) is 15.0 Å². The molecule has 0 amide bonds. The van der Waals surface area contributed by atoms with Crippen molar-refractivity contribution in [3.8, 4) is 10.6 Å². The van der Waals surface area contributed by atoms with Crippen molar-refractivity contribution in [1.82, 2.24) is 19.5 Å². The van der Waals surface area contributed by atoms with Gasteiger partial charge in [0, 0.05) is 23.3 Å². The first-order valence-corrected chi connectivity index (χ1v) is 7.88. The van der Waals surface area contributed by atoms with Gasteiger partial charge in [0.25, 0.3) is 0 Å². The van der Waals surface area contributed by atoms with Crippen molar-refractivity contribution in [2.75, 3.05) is 12.3 Å². The van der Waals surface area contributed by atoms with Crippen LogP contribution in [0.5, 0.6) is 0 Å². The third-order valence-electron chi connectivity index (χ3n) is 3.82. The Kier molecular flexibility index (Phi) is 3.37. The van der Waals surface area contributed by atoms with Gasteiger partial charge in [0.2, 0.25) is 6.23 Å². The fraction of sp³-hybridized carbons (Fsp3) is 0.214. The highest BCUT2D eigenvalue weighted by Crippen LogP contribution is 2.39. The average Bonchev–Trinajstić information content (AvgIpc) is 3.28. The van der Waals surface area contributed by atoms with E-state index in [1.54, 1.807) is 17.0 Å². The Balaban J connectivity index is 1.91. The molecule has 1 aliphatic heterocycles. The summed E-state index contributed by atoms with van der Waals surface area (Å²) in [7, 11) is 0. The second kappa shape index (κ2) is 5.44. The second-order valence-electron chi connectivity index (χ2n) is 5.16. The van der Waals surface area contributed by atoms with Crippen molar-refractivity contribution in [3.63, 3.8) is 0 Å². The SMILES string of the molecule is Nc1ncnc2c1c(-c1nccs1)cn2[C@@H]1OC(CO)=C(O)C1O. The molecule has 5 N–H and O–H groups in total. The van der Waals surface area contributed by atoms with Crippen molar-refractivity contribution < 1.29 is 20.1 Å². The smallest absolute Gasteiger partial charge is 0.210 e. The number of aliphatic hydroxyl groups is 3. The molecule has 0 radical (unpaired) electrons. The first kappa shape index (κ1) is 14.9. The van der Waals surface area contributed by atoms with E-state index < -0.39 is 24.7 Å². The maximum Gasteiger partial charge on any atom is 0.210 e. The maximum atomic E-state index is 10.2. The van der Waals surface area contributed by atoms with E-state index >= 15 is 0 Å². The van der Waals surface area contributed by atoms with Crippen LogP contribution in [0.3, 0.4) is 0 Å². The zero-order valence-corrected chi connectivity index (χ0v) is 13.0. The van der Waals surface area contributed by atoms with Crippen LogP contribution >= 0.6 is 11.3 Å². The molecule has 1 unspecified atom stereocenters. The first-order valence-electron chi connectivity index (χ1n) is 7.00. The number of fused-ring (bicyclic) bond motifs is 1. The van der Waals surface area contributed by atoms with Gasteiger partial charge in [-0.25, -0.2) is 15.0 Å². The summed E-state index contributed by atoms with van der Waals surface area (Å²) < 4.78 is 7.02. The van der Waals surface area contributed by atoms with Crippen LogP contribution in [0.15, 0.2) is 35.6 Å². The van der Waals surface area contributed by atoms with Crippen LogP contribution in [-0.2, 0) is 4.74 Å². The number of hydrogen-bond donors (Lipinski definition) is 4. The van der Waals surface area contributed by atoms with Crippen LogP contribution in [0.1, 0.15) is 6.23 Å². The normalized spacial score (nSPS) is 20.8. The predicted molar refractivity (Wildman–Crippen MR) is 85.9 cm³/mol. The zero-order valence-electron chi connectivity index (χ0n) is 12.2. The van der Waals surface area contributed by atoms with Crippen molar-refractivity contribution in [1.29, 1.82) is 0 Å². The van der Waals surface area contributed by atoms with Crippen molar-refractivity contribution in [2.45, 2.75) is 12.3 Å². The quantitative estimate of drug-likeness (QED) is 0.545. The second-order valence-corrected chi connectivity index (χ2v) is 6.06. The maximum absolute atomic E-state index is 10.2. The van der Waals surface area contributed by atoms with Crippen LogP contribution in [0.4, 0.5) is 5.82 Å². The van der Waals surface area contributed by atoms with E-state index in [4.69, 9.17) is 10.5 Å². The summed E-state index contributed by atoms with van der Waals surface area (Å²) in [4.78, 5) is 12.5. The van der Waals surface area contributed by atoms with Gasteiger partial charge in [-0.1, -0.05) is 0 Å². The monoisotopic (exact) mass is 347 g/mol. The van der Waals surface area contributed by atoms with Gasteiger partial charge in [-0.15, -0.1) is 11.3 Å². The van der Waals surface area contributed by atoms with Gasteiger partial charge in [-0.05, 0) is 0 Å². The van der Waals surface area contributed by atoms with Gasteiger partial charge in [-0.2, -0.15) is 0 Å². The van der Waals surface area contributed by atoms with Crippen LogP contribution in [0.25, 0.3) is 21.6 Å². The molecule has 0 aromatic carbocycles. The highest BCUT2D eigenvalue weighted by atomic mass is 32.1. The number of nitrogens with two attached hydrogens (primary N) is 1. The Morgan fingerprint density at radius 1 is 1.33 bits per heavy atom. The fourth-order valence-corrected chi connectivity index (χ4v) is 3.37. The first-order chi connectivity index (χ1) is 11.6. The van der Waals surface area contributed by atoms with E-state index in [0.717, 1.165) is 0 Å². The number of aliphatic hydroxyl groups excluding tert-OH is 3. The van der Waals surface area contributed by atoms with Crippen LogP contribution in [-0.4, -0.2) is 47.5 Å². The summed E-state index contributed by atoms with van der Waals surface area (Å²) in [6.45, 7) is -0.519. The number of aromatic nitrogens is 4. The molecule has 1 aliphatic rings. The van der Waals surface area contributed by atoms with Crippen molar-refractivity contribution in [2.24, 2.45) is 0 Å². The van der Waals surface area contributed by atoms with Crippen molar-refractivity contribution in [3.05, 3.63) is 35.6 Å². The number of anilines is 1. The van der Waals surface area contributed by atoms with E-state index in [0.29, 0.717) is 21.6 Å². The highest BCUT2D eigenvalue weighted by Gasteiger charge is 2.38. The molecule has 24 heavy (non-hydrogen) atoms. The molecule has 0 spiro atoms. The summed E-state index contributed by atoms with van der Waals surface area (Å²) in [5.41, 5.74) is 7.13. The number of ether oxygens (including phenoxy) is 1. The van der Waals surface area contributed by atoms with E-state index in [1.807, 2.05) is 5.38 Å². The Hall–Kier alpha value is -2.69. The van der Waals surface area contributed by atoms with Crippen LogP contribution in [0, 0.1) is 0 Å². The zero-order chi connectivity index (χ0) is 16.8. The summed E-state index contributed by atoms with van der Waals surface area (Å²) in [6, 6.07) is 0. The molecule has 0 saturated carbocycles. The largest absolute Gasteiger partial charge is 0.506 e. The molecule has 3 aromatic rings. The molecule has 3 aromatic heterocycles. The van der Waals surface area contributed by atoms with Crippen molar-refractivity contribution >= 4 is 28.2 Å². The van der Waals surface area contributed by atoms with Gasteiger partial charge in [0.15, 0.2) is 17.6 Å². The summed E-state index contributed by atoms with van der Waals surface area (Å²) >= 11 is 1.42.